The summed E-state index contributed by atoms with van der Waals surface area (Å²) in [4.78, 5) is 10.1. The van der Waals surface area contributed by atoms with E-state index in [-0.39, 0.29) is 5.54 Å². The molecule has 78 valence electrons. The lowest BCUT2D eigenvalue weighted by Crippen LogP contribution is -2.41. The summed E-state index contributed by atoms with van der Waals surface area (Å²) < 4.78 is 0. The van der Waals surface area contributed by atoms with Crippen LogP contribution >= 0.6 is 0 Å². The van der Waals surface area contributed by atoms with Crippen LogP contribution in [0.2, 0.25) is 0 Å². The molecule has 0 bridgehead atoms. The molecule has 1 rings (SSSR count). The van der Waals surface area contributed by atoms with Crippen LogP contribution in [0.5, 0.6) is 0 Å². The van der Waals surface area contributed by atoms with E-state index >= 15 is 0 Å². The topological polar surface area (TPSA) is 55.0 Å². The van der Waals surface area contributed by atoms with Gasteiger partial charge in [-0.2, -0.15) is 0 Å². The van der Waals surface area contributed by atoms with E-state index in [1.54, 1.807) is 6.20 Å². The highest BCUT2D eigenvalue weighted by Crippen LogP contribution is 2.26. The summed E-state index contributed by atoms with van der Waals surface area (Å²) in [6.07, 6.45) is 4.19. The van der Waals surface area contributed by atoms with Crippen molar-refractivity contribution < 1.29 is 0 Å². The molecule has 4 nitrogen and oxygen atoms in total. The largest absolute Gasteiger partial charge is 0.394 e. The summed E-state index contributed by atoms with van der Waals surface area (Å²) in [6.45, 7) is 6.47. The van der Waals surface area contributed by atoms with Crippen molar-refractivity contribution in [1.29, 1.82) is 0 Å². The minimum absolute atomic E-state index is 0.0580. The van der Waals surface area contributed by atoms with Crippen molar-refractivity contribution in [3.8, 4) is 0 Å². The summed E-state index contributed by atoms with van der Waals surface area (Å²) >= 11 is 0. The first kappa shape index (κ1) is 10.8. The van der Waals surface area contributed by atoms with Gasteiger partial charge < -0.3 is 10.6 Å². The van der Waals surface area contributed by atoms with Crippen molar-refractivity contribution >= 4 is 11.5 Å². The van der Waals surface area contributed by atoms with Gasteiger partial charge in [-0.25, -0.2) is 9.97 Å². The van der Waals surface area contributed by atoms with Crippen LogP contribution in [-0.4, -0.2) is 22.6 Å². The fourth-order valence-electron chi connectivity index (χ4n) is 1.14. The Balaban J connectivity index is 3.00. The van der Waals surface area contributed by atoms with Crippen molar-refractivity contribution in [2.45, 2.75) is 32.7 Å². The monoisotopic (exact) mass is 194 g/mol. The van der Waals surface area contributed by atoms with E-state index in [0.717, 1.165) is 12.2 Å². The second-order valence-corrected chi connectivity index (χ2v) is 4.03. The molecular weight excluding hydrogens is 176 g/mol. The zero-order valence-corrected chi connectivity index (χ0v) is 9.28. The van der Waals surface area contributed by atoms with Gasteiger partial charge in [-0.3, -0.25) is 0 Å². The van der Waals surface area contributed by atoms with Gasteiger partial charge in [0.1, 0.15) is 6.33 Å². The number of hydrogen-bond donors (Lipinski definition) is 1. The maximum absolute atomic E-state index is 5.81. The van der Waals surface area contributed by atoms with Crippen LogP contribution in [0.1, 0.15) is 27.2 Å². The van der Waals surface area contributed by atoms with Gasteiger partial charge in [0.15, 0.2) is 5.82 Å². The molecule has 0 aliphatic carbocycles. The first-order valence-electron chi connectivity index (χ1n) is 4.78. The van der Waals surface area contributed by atoms with E-state index < -0.39 is 0 Å². The van der Waals surface area contributed by atoms with Crippen LogP contribution in [0.4, 0.5) is 11.5 Å². The molecule has 4 heteroatoms. The minimum atomic E-state index is 0.0580. The van der Waals surface area contributed by atoms with Crippen molar-refractivity contribution in [1.82, 2.24) is 9.97 Å². The molecule has 0 radical (unpaired) electrons. The Morgan fingerprint density at radius 3 is 2.64 bits per heavy atom. The molecule has 0 saturated carbocycles. The van der Waals surface area contributed by atoms with Crippen LogP contribution in [0.3, 0.4) is 0 Å². The van der Waals surface area contributed by atoms with Gasteiger partial charge in [-0.05, 0) is 20.3 Å². The SMILES string of the molecule is CCC(C)(C)N(C)c1ncncc1N. The smallest absolute Gasteiger partial charge is 0.155 e. The van der Waals surface area contributed by atoms with Gasteiger partial charge >= 0.3 is 0 Å². The van der Waals surface area contributed by atoms with E-state index in [4.69, 9.17) is 5.73 Å². The fraction of sp³-hybridized carbons (Fsp3) is 0.600. The third kappa shape index (κ3) is 1.95. The predicted molar refractivity (Wildman–Crippen MR) is 59.2 cm³/mol. The summed E-state index contributed by atoms with van der Waals surface area (Å²) in [7, 11) is 2.00. The molecule has 0 spiro atoms. The molecule has 0 aliphatic rings. The number of nitrogen functional groups attached to an aromatic ring is 1. The van der Waals surface area contributed by atoms with E-state index in [0.29, 0.717) is 5.69 Å². The van der Waals surface area contributed by atoms with E-state index in [1.807, 2.05) is 7.05 Å². The van der Waals surface area contributed by atoms with Gasteiger partial charge in [-0.1, -0.05) is 6.92 Å². The Labute approximate surface area is 85.2 Å². The van der Waals surface area contributed by atoms with Gasteiger partial charge in [0.2, 0.25) is 0 Å². The highest BCUT2D eigenvalue weighted by atomic mass is 15.2. The van der Waals surface area contributed by atoms with Crippen LogP contribution in [-0.2, 0) is 0 Å². The van der Waals surface area contributed by atoms with Crippen LogP contribution in [0.25, 0.3) is 0 Å². The normalized spacial score (nSPS) is 11.4. The van der Waals surface area contributed by atoms with E-state index in [1.165, 1.54) is 6.33 Å². The molecule has 14 heavy (non-hydrogen) atoms. The summed E-state index contributed by atoms with van der Waals surface area (Å²) in [6, 6.07) is 0. The number of nitrogens with two attached hydrogens (primary N) is 1. The third-order valence-electron chi connectivity index (χ3n) is 2.81. The molecule has 0 aromatic carbocycles. The zero-order chi connectivity index (χ0) is 10.8. The Morgan fingerprint density at radius 1 is 1.50 bits per heavy atom. The molecule has 0 atom stereocenters. The van der Waals surface area contributed by atoms with Crippen LogP contribution in [0, 0.1) is 0 Å². The lowest BCUT2D eigenvalue weighted by Gasteiger charge is -2.36. The molecule has 0 amide bonds. The second-order valence-electron chi connectivity index (χ2n) is 4.03. The number of anilines is 2. The summed E-state index contributed by atoms with van der Waals surface area (Å²) in [5, 5.41) is 0. The molecule has 0 fully saturated rings. The van der Waals surface area contributed by atoms with Crippen molar-refractivity contribution in [2.24, 2.45) is 0 Å². The summed E-state index contributed by atoms with van der Waals surface area (Å²) in [5.74, 6) is 0.798. The maximum Gasteiger partial charge on any atom is 0.155 e. The molecule has 1 aromatic rings. The van der Waals surface area contributed by atoms with Gasteiger partial charge in [0.25, 0.3) is 0 Å². The first-order valence-corrected chi connectivity index (χ1v) is 4.78. The maximum atomic E-state index is 5.81. The predicted octanol–water partition coefficient (Wildman–Crippen LogP) is 1.68. The minimum Gasteiger partial charge on any atom is -0.394 e. The van der Waals surface area contributed by atoms with Crippen LogP contribution in [0.15, 0.2) is 12.5 Å². The van der Waals surface area contributed by atoms with Gasteiger partial charge in [-0.15, -0.1) is 0 Å². The zero-order valence-electron chi connectivity index (χ0n) is 9.28. The molecule has 0 aliphatic heterocycles. The highest BCUT2D eigenvalue weighted by Gasteiger charge is 2.23. The Morgan fingerprint density at radius 2 is 2.14 bits per heavy atom. The van der Waals surface area contributed by atoms with Crippen LogP contribution < -0.4 is 10.6 Å². The van der Waals surface area contributed by atoms with Crippen molar-refractivity contribution in [2.75, 3.05) is 17.7 Å². The van der Waals surface area contributed by atoms with Gasteiger partial charge in [0.05, 0.1) is 11.9 Å². The average Bonchev–Trinajstić information content (AvgIpc) is 2.17. The Bertz CT molecular complexity index is 309. The van der Waals surface area contributed by atoms with Gasteiger partial charge in [0, 0.05) is 12.6 Å². The molecular formula is C10H18N4. The van der Waals surface area contributed by atoms with E-state index in [9.17, 15) is 0 Å². The lowest BCUT2D eigenvalue weighted by atomic mass is 10.00. The molecule has 2 N–H and O–H groups in total. The van der Waals surface area contributed by atoms with Crippen molar-refractivity contribution in [3.63, 3.8) is 0 Å². The number of nitrogens with zero attached hydrogens (tertiary/aromatic N) is 3. The number of hydrogen-bond acceptors (Lipinski definition) is 4. The number of aromatic nitrogens is 2. The molecule has 1 heterocycles. The molecule has 0 saturated heterocycles. The fourth-order valence-corrected chi connectivity index (χ4v) is 1.14. The lowest BCUT2D eigenvalue weighted by molar-refractivity contribution is 0.467. The average molecular weight is 194 g/mol. The Kier molecular flexibility index (Phi) is 2.93. The highest BCUT2D eigenvalue weighted by molar-refractivity contribution is 5.61. The number of rotatable bonds is 3. The third-order valence-corrected chi connectivity index (χ3v) is 2.81. The second kappa shape index (κ2) is 3.82. The Hall–Kier alpha value is -1.32. The van der Waals surface area contributed by atoms with Crippen molar-refractivity contribution in [3.05, 3.63) is 12.5 Å². The molecule has 0 unspecified atom stereocenters. The first-order chi connectivity index (χ1) is 6.49. The molecule has 1 aromatic heterocycles. The summed E-state index contributed by atoms with van der Waals surface area (Å²) in [5.41, 5.74) is 6.49. The quantitative estimate of drug-likeness (QED) is 0.795. The van der Waals surface area contributed by atoms with E-state index in [2.05, 4.69) is 35.6 Å². The standard InChI is InChI=1S/C10H18N4/c1-5-10(2,3)14(4)9-8(11)6-12-7-13-9/h6-7H,5,11H2,1-4H3.